The summed E-state index contributed by atoms with van der Waals surface area (Å²) >= 11 is 0. The first-order valence-corrected chi connectivity index (χ1v) is 24.8. The second-order valence-corrected chi connectivity index (χ2v) is 17.4. The largest absolute Gasteiger partial charge is 0.370 e. The van der Waals surface area contributed by atoms with Crippen LogP contribution in [-0.2, 0) is 4.74 Å². The van der Waals surface area contributed by atoms with Crippen molar-refractivity contribution in [2.75, 3.05) is 0 Å². The fourth-order valence-electron chi connectivity index (χ4n) is 8.45. The summed E-state index contributed by atoms with van der Waals surface area (Å²) in [5.74, 6) is 0. The number of hydrogen-bond donors (Lipinski definition) is 0. The van der Waals surface area contributed by atoms with Crippen LogP contribution in [-0.4, -0.2) is 12.2 Å². The van der Waals surface area contributed by atoms with Crippen molar-refractivity contribution in [2.45, 2.75) is 302 Å². The monoisotopic (exact) mass is 727 g/mol. The standard InChI is InChI=1S/C51H98O/c1-3-5-7-9-11-13-15-17-19-21-23-25-27-29-31-33-35-37-39-41-43-45-47-49-51-50(52-51)48-46-44-42-40-38-36-34-32-30-28-26-24-22-20-18-16-14-12-10-8-6-4-2/h4,6,8,50-51H,2-3,5,7,9-49H2,1H3/b8-6+. The van der Waals surface area contributed by atoms with Crippen molar-refractivity contribution in [2.24, 2.45) is 0 Å². The molecule has 0 saturated carbocycles. The van der Waals surface area contributed by atoms with Crippen LogP contribution in [0.1, 0.15) is 289 Å². The molecule has 0 aromatic heterocycles. The van der Waals surface area contributed by atoms with Crippen molar-refractivity contribution in [3.8, 4) is 0 Å². The summed E-state index contributed by atoms with van der Waals surface area (Å²) in [6, 6.07) is 0. The number of unbranched alkanes of at least 4 members (excludes halogenated alkanes) is 40. The summed E-state index contributed by atoms with van der Waals surface area (Å²) in [4.78, 5) is 0. The maximum Gasteiger partial charge on any atom is 0.0841 e. The molecule has 52 heavy (non-hydrogen) atoms. The van der Waals surface area contributed by atoms with Crippen molar-refractivity contribution in [3.63, 3.8) is 0 Å². The van der Waals surface area contributed by atoms with Gasteiger partial charge in [-0.2, -0.15) is 0 Å². The van der Waals surface area contributed by atoms with Gasteiger partial charge in [0, 0.05) is 0 Å². The molecular formula is C51H98O. The van der Waals surface area contributed by atoms with Gasteiger partial charge in [0.15, 0.2) is 0 Å². The van der Waals surface area contributed by atoms with Crippen LogP contribution < -0.4 is 0 Å². The van der Waals surface area contributed by atoms with Gasteiger partial charge in [-0.15, -0.1) is 0 Å². The van der Waals surface area contributed by atoms with E-state index in [2.05, 4.69) is 25.7 Å². The average Bonchev–Trinajstić information content (AvgIpc) is 3.91. The molecule has 1 fully saturated rings. The first-order chi connectivity index (χ1) is 25.9. The van der Waals surface area contributed by atoms with E-state index in [0.29, 0.717) is 12.2 Å². The lowest BCUT2D eigenvalue weighted by atomic mass is 10.0. The Morgan fingerprint density at radius 3 is 0.808 bits per heavy atom. The summed E-state index contributed by atoms with van der Waals surface area (Å²) < 4.78 is 6.01. The summed E-state index contributed by atoms with van der Waals surface area (Å²) in [6.07, 6.45) is 71.1. The lowest BCUT2D eigenvalue weighted by Gasteiger charge is -2.04. The molecule has 1 aliphatic rings. The van der Waals surface area contributed by atoms with Crippen LogP contribution in [0.4, 0.5) is 0 Å². The molecule has 1 rings (SSSR count). The molecule has 0 spiro atoms. The molecule has 0 aromatic rings. The van der Waals surface area contributed by atoms with Crippen molar-refractivity contribution in [1.29, 1.82) is 0 Å². The third-order valence-corrected chi connectivity index (χ3v) is 12.2. The summed E-state index contributed by atoms with van der Waals surface area (Å²) in [7, 11) is 0. The molecule has 0 aromatic carbocycles. The fourth-order valence-corrected chi connectivity index (χ4v) is 8.45. The van der Waals surface area contributed by atoms with E-state index < -0.39 is 0 Å². The van der Waals surface area contributed by atoms with E-state index in [-0.39, 0.29) is 0 Å². The molecule has 1 saturated heterocycles. The zero-order valence-corrected chi connectivity index (χ0v) is 36.1. The first kappa shape index (κ1) is 49.5. The molecule has 0 bridgehead atoms. The van der Waals surface area contributed by atoms with Crippen molar-refractivity contribution < 1.29 is 4.74 Å². The van der Waals surface area contributed by atoms with Gasteiger partial charge in [0.05, 0.1) is 12.2 Å². The van der Waals surface area contributed by atoms with Gasteiger partial charge in [0.1, 0.15) is 0 Å². The molecule has 308 valence electrons. The molecule has 2 unspecified atom stereocenters. The molecule has 1 nitrogen and oxygen atoms in total. The highest BCUT2D eigenvalue weighted by Gasteiger charge is 2.36. The fraction of sp³-hybridized carbons (Fsp3) is 0.922. The second-order valence-electron chi connectivity index (χ2n) is 17.4. The minimum absolute atomic E-state index is 0.625. The smallest absolute Gasteiger partial charge is 0.0841 e. The van der Waals surface area contributed by atoms with E-state index in [1.165, 1.54) is 283 Å². The number of rotatable bonds is 46. The summed E-state index contributed by atoms with van der Waals surface area (Å²) in [6.45, 7) is 6.04. The maximum atomic E-state index is 6.01. The van der Waals surface area contributed by atoms with Gasteiger partial charge < -0.3 is 4.74 Å². The van der Waals surface area contributed by atoms with Crippen molar-refractivity contribution in [3.05, 3.63) is 24.8 Å². The molecule has 1 heterocycles. The van der Waals surface area contributed by atoms with Gasteiger partial charge in [0.2, 0.25) is 0 Å². The van der Waals surface area contributed by atoms with E-state index in [4.69, 9.17) is 4.74 Å². The molecule has 1 heteroatoms. The lowest BCUT2D eigenvalue weighted by Crippen LogP contribution is -1.95. The van der Waals surface area contributed by atoms with Gasteiger partial charge in [-0.3, -0.25) is 0 Å². The molecule has 1 aliphatic heterocycles. The highest BCUT2D eigenvalue weighted by atomic mass is 16.6. The number of hydrogen-bond acceptors (Lipinski definition) is 1. The zero-order valence-electron chi connectivity index (χ0n) is 36.1. The Kier molecular flexibility index (Phi) is 41.1. The third-order valence-electron chi connectivity index (χ3n) is 12.2. The number of allylic oxidation sites excluding steroid dienone is 3. The molecular weight excluding hydrogens is 629 g/mol. The Labute approximate surface area is 330 Å². The maximum absolute atomic E-state index is 6.01. The van der Waals surface area contributed by atoms with E-state index in [1.807, 2.05) is 6.08 Å². The lowest BCUT2D eigenvalue weighted by molar-refractivity contribution is 0.347. The van der Waals surface area contributed by atoms with Crippen LogP contribution in [0.15, 0.2) is 24.8 Å². The normalized spacial score (nSPS) is 15.6. The minimum Gasteiger partial charge on any atom is -0.370 e. The molecule has 0 aliphatic carbocycles. The van der Waals surface area contributed by atoms with Crippen LogP contribution in [0.5, 0.6) is 0 Å². The average molecular weight is 727 g/mol. The SMILES string of the molecule is C=C/C=C/CCCCCCCCCCCCCCCCCCCCC1OC1CCCCCCCCCCCCCCCCCCCCCCCCC. The zero-order chi connectivity index (χ0) is 37.1. The van der Waals surface area contributed by atoms with Gasteiger partial charge in [0.25, 0.3) is 0 Å². The highest BCUT2D eigenvalue weighted by Crippen LogP contribution is 2.32. The second kappa shape index (κ2) is 43.2. The minimum atomic E-state index is 0.625. The van der Waals surface area contributed by atoms with E-state index in [9.17, 15) is 0 Å². The topological polar surface area (TPSA) is 12.5 Å². The van der Waals surface area contributed by atoms with Crippen molar-refractivity contribution in [1.82, 2.24) is 0 Å². The van der Waals surface area contributed by atoms with Crippen LogP contribution in [0.25, 0.3) is 0 Å². The predicted molar refractivity (Wildman–Crippen MR) is 237 cm³/mol. The van der Waals surface area contributed by atoms with Crippen LogP contribution >= 0.6 is 0 Å². The van der Waals surface area contributed by atoms with Gasteiger partial charge >= 0.3 is 0 Å². The predicted octanol–water partition coefficient (Wildman–Crippen LogP) is 18.7. The third kappa shape index (κ3) is 39.1. The van der Waals surface area contributed by atoms with Crippen LogP contribution in [0, 0.1) is 0 Å². The number of epoxide rings is 1. The Morgan fingerprint density at radius 2 is 0.558 bits per heavy atom. The van der Waals surface area contributed by atoms with E-state index in [0.717, 1.165) is 0 Å². The summed E-state index contributed by atoms with van der Waals surface area (Å²) in [5.41, 5.74) is 0. The molecule has 0 N–H and O–H groups in total. The Morgan fingerprint density at radius 1 is 0.327 bits per heavy atom. The van der Waals surface area contributed by atoms with Gasteiger partial charge in [-0.05, 0) is 25.7 Å². The molecule has 0 amide bonds. The quantitative estimate of drug-likeness (QED) is 0.0346. The first-order valence-electron chi connectivity index (χ1n) is 24.8. The van der Waals surface area contributed by atoms with Gasteiger partial charge in [-0.1, -0.05) is 289 Å². The molecule has 0 radical (unpaired) electrons. The van der Waals surface area contributed by atoms with Crippen LogP contribution in [0.2, 0.25) is 0 Å². The Balaban J connectivity index is 1.65. The highest BCUT2D eigenvalue weighted by molar-refractivity contribution is 4.96. The van der Waals surface area contributed by atoms with E-state index >= 15 is 0 Å². The van der Waals surface area contributed by atoms with E-state index in [1.54, 1.807) is 0 Å². The Hall–Kier alpha value is -0.560. The summed E-state index contributed by atoms with van der Waals surface area (Å²) in [5, 5.41) is 0. The number of ether oxygens (including phenoxy) is 1. The van der Waals surface area contributed by atoms with Crippen LogP contribution in [0.3, 0.4) is 0 Å². The van der Waals surface area contributed by atoms with Gasteiger partial charge in [-0.25, -0.2) is 0 Å². The Bertz CT molecular complexity index is 695. The molecule has 2 atom stereocenters. The van der Waals surface area contributed by atoms with Crippen molar-refractivity contribution >= 4 is 0 Å².